The van der Waals surface area contributed by atoms with Crippen LogP contribution in [0.1, 0.15) is 5.69 Å². The fourth-order valence-electron chi connectivity index (χ4n) is 0.488. The number of rotatable bonds is 2. The molecule has 0 fully saturated rings. The maximum atomic E-state index is 8.26. The van der Waals surface area contributed by atoms with Crippen molar-refractivity contribution < 1.29 is 9.84 Å². The molecule has 0 saturated carbocycles. The van der Waals surface area contributed by atoms with Crippen LogP contribution in [0.5, 0.6) is 0 Å². The van der Waals surface area contributed by atoms with E-state index in [1.165, 1.54) is 11.8 Å². The first-order valence-electron chi connectivity index (χ1n) is 2.54. The second-order valence-corrected chi connectivity index (χ2v) is 2.67. The minimum absolute atomic E-state index is 0.129. The van der Waals surface area contributed by atoms with Crippen LogP contribution in [0.4, 0.5) is 0 Å². The highest BCUT2D eigenvalue weighted by molar-refractivity contribution is 7.98. The molecule has 0 amide bonds. The summed E-state index contributed by atoms with van der Waals surface area (Å²) < 4.78 is 4.36. The quantitative estimate of drug-likeness (QED) is 0.330. The molecule has 1 N–H and O–H groups in total. The summed E-state index contributed by atoms with van der Waals surface area (Å²) in [6.07, 6.45) is 1.78. The van der Waals surface area contributed by atoms with Gasteiger partial charge in [0, 0.05) is 0 Å². The van der Waals surface area contributed by atoms with Crippen molar-refractivity contribution in [2.45, 2.75) is 5.03 Å². The molecule has 1 aromatic heterocycles. The van der Waals surface area contributed by atoms with Crippen molar-refractivity contribution in [3.63, 3.8) is 0 Å². The van der Waals surface area contributed by atoms with Crippen LogP contribution in [0.15, 0.2) is 14.8 Å². The monoisotopic (exact) mass is 193 g/mol. The number of oxime groups is 1. The van der Waals surface area contributed by atoms with Gasteiger partial charge in [0.25, 0.3) is 0 Å². The lowest BCUT2D eigenvalue weighted by Gasteiger charge is -1.87. The van der Waals surface area contributed by atoms with E-state index in [0.717, 1.165) is 0 Å². The first kappa shape index (κ1) is 8.35. The molecular formula is C4H4ClN3O2S. The summed E-state index contributed by atoms with van der Waals surface area (Å²) in [5, 5.41) is 18.3. The summed E-state index contributed by atoms with van der Waals surface area (Å²) in [4.78, 5) is 0. The lowest BCUT2D eigenvalue weighted by molar-refractivity contribution is 0.297. The highest BCUT2D eigenvalue weighted by Crippen LogP contribution is 2.17. The first-order chi connectivity index (χ1) is 5.29. The molecule has 0 radical (unpaired) electrons. The van der Waals surface area contributed by atoms with Gasteiger partial charge in [-0.05, 0) is 16.6 Å². The summed E-state index contributed by atoms with van der Waals surface area (Å²) in [6.45, 7) is 0. The summed E-state index contributed by atoms with van der Waals surface area (Å²) in [5.41, 5.74) is 0.252. The van der Waals surface area contributed by atoms with Crippen LogP contribution in [0.2, 0.25) is 0 Å². The minimum Gasteiger partial charge on any atom is -0.410 e. The molecule has 60 valence electrons. The van der Waals surface area contributed by atoms with Gasteiger partial charge in [0.15, 0.2) is 15.9 Å². The molecule has 0 aliphatic carbocycles. The van der Waals surface area contributed by atoms with E-state index in [2.05, 4.69) is 20.1 Å². The van der Waals surface area contributed by atoms with Gasteiger partial charge in [-0.25, -0.2) is 4.63 Å². The Bertz CT molecular complexity index is 274. The summed E-state index contributed by atoms with van der Waals surface area (Å²) in [6, 6.07) is 0. The Balaban J connectivity index is 3.02. The van der Waals surface area contributed by atoms with Gasteiger partial charge in [-0.15, -0.1) is 11.8 Å². The van der Waals surface area contributed by atoms with E-state index < -0.39 is 0 Å². The van der Waals surface area contributed by atoms with Crippen LogP contribution in [0.3, 0.4) is 0 Å². The number of thioether (sulfide) groups is 1. The third-order valence-corrected chi connectivity index (χ3v) is 1.84. The van der Waals surface area contributed by atoms with E-state index in [4.69, 9.17) is 16.8 Å². The molecule has 0 unspecified atom stereocenters. The second kappa shape index (κ2) is 3.59. The first-order valence-corrected chi connectivity index (χ1v) is 4.14. The van der Waals surface area contributed by atoms with Crippen LogP contribution in [0.25, 0.3) is 0 Å². The van der Waals surface area contributed by atoms with Gasteiger partial charge >= 0.3 is 0 Å². The Morgan fingerprint density at radius 1 is 1.73 bits per heavy atom. The number of hydrogen-bond acceptors (Lipinski definition) is 6. The number of nitrogens with zero attached hydrogens (tertiary/aromatic N) is 3. The van der Waals surface area contributed by atoms with Gasteiger partial charge in [0.2, 0.25) is 0 Å². The minimum atomic E-state index is -0.129. The Hall–Kier alpha value is -0.750. The smallest absolute Gasteiger partial charge is 0.200 e. The van der Waals surface area contributed by atoms with Crippen molar-refractivity contribution in [3.05, 3.63) is 5.69 Å². The lowest BCUT2D eigenvalue weighted by atomic mass is 10.5. The zero-order chi connectivity index (χ0) is 8.27. The number of halogens is 1. The third kappa shape index (κ3) is 1.63. The summed E-state index contributed by atoms with van der Waals surface area (Å²) in [5.74, 6) is 0. The molecule has 0 saturated heterocycles. The van der Waals surface area contributed by atoms with Gasteiger partial charge in [-0.1, -0.05) is 16.8 Å². The molecule has 0 aliphatic heterocycles. The van der Waals surface area contributed by atoms with Crippen LogP contribution in [-0.2, 0) is 0 Å². The molecule has 0 spiro atoms. The average Bonchev–Trinajstić information content (AvgIpc) is 2.50. The van der Waals surface area contributed by atoms with Crippen LogP contribution >= 0.6 is 23.4 Å². The van der Waals surface area contributed by atoms with Crippen LogP contribution in [-0.4, -0.2) is 26.9 Å². The highest BCUT2D eigenvalue weighted by Gasteiger charge is 2.13. The number of aromatic nitrogens is 2. The predicted molar refractivity (Wildman–Crippen MR) is 40.3 cm³/mol. The third-order valence-electron chi connectivity index (χ3n) is 0.935. The van der Waals surface area contributed by atoms with E-state index in [1.807, 2.05) is 0 Å². The molecule has 11 heavy (non-hydrogen) atoms. The van der Waals surface area contributed by atoms with Crippen molar-refractivity contribution in [2.75, 3.05) is 6.26 Å². The van der Waals surface area contributed by atoms with Gasteiger partial charge in [-0.2, -0.15) is 0 Å². The van der Waals surface area contributed by atoms with Crippen LogP contribution in [0, 0.1) is 0 Å². The molecule has 0 aliphatic rings. The largest absolute Gasteiger partial charge is 0.410 e. The maximum Gasteiger partial charge on any atom is 0.200 e. The standard InChI is InChI=1S/C4H4ClN3O2S/c1-11-4-2(3(5)6-9)7-10-8-4/h9H,1H3. The molecule has 1 heterocycles. The highest BCUT2D eigenvalue weighted by atomic mass is 35.5. The SMILES string of the molecule is CSc1nonc1C(Cl)=NO. The topological polar surface area (TPSA) is 71.5 Å². The normalized spacial score (nSPS) is 12.0. The van der Waals surface area contributed by atoms with E-state index in [1.54, 1.807) is 6.26 Å². The Morgan fingerprint density at radius 2 is 2.45 bits per heavy atom. The zero-order valence-electron chi connectivity index (χ0n) is 5.48. The van der Waals surface area contributed by atoms with Crippen molar-refractivity contribution in [1.29, 1.82) is 0 Å². The maximum absolute atomic E-state index is 8.26. The Morgan fingerprint density at radius 3 is 3.00 bits per heavy atom. The molecular weight excluding hydrogens is 190 g/mol. The average molecular weight is 194 g/mol. The van der Waals surface area contributed by atoms with E-state index in [0.29, 0.717) is 5.03 Å². The Labute approximate surface area is 71.4 Å². The summed E-state index contributed by atoms with van der Waals surface area (Å²) in [7, 11) is 0. The van der Waals surface area contributed by atoms with E-state index >= 15 is 0 Å². The summed E-state index contributed by atoms with van der Waals surface area (Å²) >= 11 is 6.74. The van der Waals surface area contributed by atoms with Gasteiger partial charge in [0.05, 0.1) is 0 Å². The van der Waals surface area contributed by atoms with E-state index in [9.17, 15) is 0 Å². The van der Waals surface area contributed by atoms with Crippen molar-refractivity contribution >= 4 is 28.5 Å². The molecule has 1 rings (SSSR count). The van der Waals surface area contributed by atoms with E-state index in [-0.39, 0.29) is 10.9 Å². The van der Waals surface area contributed by atoms with Crippen molar-refractivity contribution in [2.24, 2.45) is 5.16 Å². The molecule has 7 heteroatoms. The number of hydrogen-bond donors (Lipinski definition) is 1. The fraction of sp³-hybridized carbons (Fsp3) is 0.250. The van der Waals surface area contributed by atoms with Gasteiger partial charge < -0.3 is 5.21 Å². The van der Waals surface area contributed by atoms with Gasteiger partial charge in [0.1, 0.15) is 0 Å². The zero-order valence-corrected chi connectivity index (χ0v) is 7.06. The molecule has 1 aromatic rings. The van der Waals surface area contributed by atoms with Gasteiger partial charge in [-0.3, -0.25) is 0 Å². The van der Waals surface area contributed by atoms with Crippen molar-refractivity contribution in [3.8, 4) is 0 Å². The predicted octanol–water partition coefficient (Wildman–Crippen LogP) is 1.17. The molecule has 0 bridgehead atoms. The molecule has 0 aromatic carbocycles. The lowest BCUT2D eigenvalue weighted by Crippen LogP contribution is -1.92. The molecule has 5 nitrogen and oxygen atoms in total. The molecule has 0 atom stereocenters. The van der Waals surface area contributed by atoms with Crippen LogP contribution < -0.4 is 0 Å². The Kier molecular flexibility index (Phi) is 2.72. The van der Waals surface area contributed by atoms with Crippen molar-refractivity contribution in [1.82, 2.24) is 10.3 Å². The fourth-order valence-corrected chi connectivity index (χ4v) is 1.10. The second-order valence-electron chi connectivity index (χ2n) is 1.51.